The lowest BCUT2D eigenvalue weighted by atomic mass is 10.1. The number of nitrogens with one attached hydrogen (secondary N) is 1. The van der Waals surface area contributed by atoms with Gasteiger partial charge in [0.05, 0.1) is 17.1 Å². The molecule has 0 saturated carbocycles. The minimum absolute atomic E-state index is 0.0201. The lowest BCUT2D eigenvalue weighted by Gasteiger charge is -2.10. The summed E-state index contributed by atoms with van der Waals surface area (Å²) >= 11 is 0. The lowest BCUT2D eigenvalue weighted by Crippen LogP contribution is -2.35. The average Bonchev–Trinajstić information content (AvgIpc) is 2.68. The van der Waals surface area contributed by atoms with Crippen molar-refractivity contribution in [2.24, 2.45) is 0 Å². The SMILES string of the molecule is O=C(O)c1cccc(C(=O)NC2CCS(=O)(=O)C2)c1. The van der Waals surface area contributed by atoms with Gasteiger partial charge in [-0.1, -0.05) is 6.07 Å². The molecule has 1 aliphatic rings. The van der Waals surface area contributed by atoms with Crippen LogP contribution in [0.2, 0.25) is 0 Å². The molecule has 0 bridgehead atoms. The maximum Gasteiger partial charge on any atom is 0.335 e. The van der Waals surface area contributed by atoms with Crippen LogP contribution >= 0.6 is 0 Å². The van der Waals surface area contributed by atoms with E-state index in [0.717, 1.165) is 0 Å². The fourth-order valence-corrected chi connectivity index (χ4v) is 3.64. The molecule has 1 fully saturated rings. The molecule has 102 valence electrons. The summed E-state index contributed by atoms with van der Waals surface area (Å²) in [4.78, 5) is 22.7. The number of sulfone groups is 1. The van der Waals surface area contributed by atoms with Crippen LogP contribution in [0.5, 0.6) is 0 Å². The molecule has 1 unspecified atom stereocenters. The fourth-order valence-electron chi connectivity index (χ4n) is 1.97. The maximum absolute atomic E-state index is 11.9. The van der Waals surface area contributed by atoms with E-state index < -0.39 is 27.8 Å². The highest BCUT2D eigenvalue weighted by atomic mass is 32.2. The zero-order valence-electron chi connectivity index (χ0n) is 10.00. The van der Waals surface area contributed by atoms with Gasteiger partial charge in [0, 0.05) is 11.6 Å². The molecule has 0 spiro atoms. The summed E-state index contributed by atoms with van der Waals surface area (Å²) in [5.74, 6) is -1.55. The molecular formula is C12H13NO5S. The monoisotopic (exact) mass is 283 g/mol. The molecule has 1 amide bonds. The van der Waals surface area contributed by atoms with E-state index in [0.29, 0.717) is 6.42 Å². The predicted octanol–water partition coefficient (Wildman–Crippen LogP) is 0.302. The number of carbonyl (C=O) groups is 2. The van der Waals surface area contributed by atoms with Gasteiger partial charge in [-0.15, -0.1) is 0 Å². The number of hydrogen-bond donors (Lipinski definition) is 2. The van der Waals surface area contributed by atoms with Gasteiger partial charge in [-0.25, -0.2) is 13.2 Å². The van der Waals surface area contributed by atoms with Crippen LogP contribution < -0.4 is 5.32 Å². The van der Waals surface area contributed by atoms with Gasteiger partial charge in [0.2, 0.25) is 0 Å². The molecule has 0 aliphatic carbocycles. The Kier molecular flexibility index (Phi) is 3.57. The van der Waals surface area contributed by atoms with Gasteiger partial charge in [-0.05, 0) is 24.6 Å². The Bertz CT molecular complexity index is 623. The van der Waals surface area contributed by atoms with E-state index >= 15 is 0 Å². The largest absolute Gasteiger partial charge is 0.478 e. The van der Waals surface area contributed by atoms with Crippen molar-refractivity contribution in [3.8, 4) is 0 Å². The summed E-state index contributed by atoms with van der Waals surface area (Å²) in [5.41, 5.74) is 0.232. The molecule has 2 rings (SSSR count). The third kappa shape index (κ3) is 3.31. The highest BCUT2D eigenvalue weighted by Crippen LogP contribution is 2.12. The van der Waals surface area contributed by atoms with Crippen LogP contribution in [-0.4, -0.2) is 42.9 Å². The number of carbonyl (C=O) groups excluding carboxylic acids is 1. The van der Waals surface area contributed by atoms with E-state index in [4.69, 9.17) is 5.11 Å². The van der Waals surface area contributed by atoms with Crippen molar-refractivity contribution in [1.82, 2.24) is 5.32 Å². The zero-order chi connectivity index (χ0) is 14.0. The van der Waals surface area contributed by atoms with Gasteiger partial charge in [-0.3, -0.25) is 4.79 Å². The van der Waals surface area contributed by atoms with Crippen molar-refractivity contribution in [3.63, 3.8) is 0 Å². The van der Waals surface area contributed by atoms with Crippen LogP contribution in [0.1, 0.15) is 27.1 Å². The van der Waals surface area contributed by atoms with Crippen LogP contribution in [0, 0.1) is 0 Å². The molecule has 6 nitrogen and oxygen atoms in total. The number of aromatic carboxylic acids is 1. The molecule has 19 heavy (non-hydrogen) atoms. The third-order valence-corrected chi connectivity index (χ3v) is 4.71. The number of carboxylic acids is 1. The molecule has 2 N–H and O–H groups in total. The van der Waals surface area contributed by atoms with Gasteiger partial charge >= 0.3 is 5.97 Å². The van der Waals surface area contributed by atoms with Crippen molar-refractivity contribution in [3.05, 3.63) is 35.4 Å². The van der Waals surface area contributed by atoms with E-state index in [1.807, 2.05) is 0 Å². The van der Waals surface area contributed by atoms with E-state index in [2.05, 4.69) is 5.32 Å². The van der Waals surface area contributed by atoms with Crippen molar-refractivity contribution in [1.29, 1.82) is 0 Å². The molecule has 1 saturated heterocycles. The van der Waals surface area contributed by atoms with Crippen LogP contribution in [-0.2, 0) is 9.84 Å². The summed E-state index contributed by atoms with van der Waals surface area (Å²) in [6.07, 6.45) is 0.396. The van der Waals surface area contributed by atoms with Crippen LogP contribution in [0.3, 0.4) is 0 Å². The first-order valence-electron chi connectivity index (χ1n) is 5.72. The average molecular weight is 283 g/mol. The van der Waals surface area contributed by atoms with Crippen molar-refractivity contribution >= 4 is 21.7 Å². The van der Waals surface area contributed by atoms with Gasteiger partial charge in [0.1, 0.15) is 0 Å². The molecule has 1 heterocycles. The Morgan fingerprint density at radius 1 is 1.26 bits per heavy atom. The number of hydrogen-bond acceptors (Lipinski definition) is 4. The molecule has 1 aromatic carbocycles. The summed E-state index contributed by atoms with van der Waals surface area (Å²) < 4.78 is 22.5. The number of amides is 1. The summed E-state index contributed by atoms with van der Waals surface area (Å²) in [6.45, 7) is 0. The molecule has 0 aromatic heterocycles. The summed E-state index contributed by atoms with van der Waals surface area (Å²) in [7, 11) is -3.05. The van der Waals surface area contributed by atoms with Gasteiger partial charge in [0.25, 0.3) is 5.91 Å². The minimum atomic E-state index is -3.05. The maximum atomic E-state index is 11.9. The van der Waals surface area contributed by atoms with Gasteiger partial charge in [0.15, 0.2) is 9.84 Å². The Balaban J connectivity index is 2.08. The lowest BCUT2D eigenvalue weighted by molar-refractivity contribution is 0.0697. The molecule has 0 radical (unpaired) electrons. The van der Waals surface area contributed by atoms with Crippen LogP contribution in [0.4, 0.5) is 0 Å². The zero-order valence-corrected chi connectivity index (χ0v) is 10.8. The first-order chi connectivity index (χ1) is 8.87. The van der Waals surface area contributed by atoms with E-state index in [1.165, 1.54) is 24.3 Å². The van der Waals surface area contributed by atoms with E-state index in [9.17, 15) is 18.0 Å². The Morgan fingerprint density at radius 3 is 2.53 bits per heavy atom. The molecule has 1 aromatic rings. The second-order valence-electron chi connectivity index (χ2n) is 4.46. The van der Waals surface area contributed by atoms with Crippen molar-refractivity contribution < 1.29 is 23.1 Å². The van der Waals surface area contributed by atoms with Crippen LogP contribution in [0.15, 0.2) is 24.3 Å². The second-order valence-corrected chi connectivity index (χ2v) is 6.69. The number of carboxylic acid groups (broad SMARTS) is 1. The Labute approximate surface area is 110 Å². The first kappa shape index (κ1) is 13.5. The molecule has 7 heteroatoms. The quantitative estimate of drug-likeness (QED) is 0.831. The van der Waals surface area contributed by atoms with Crippen molar-refractivity contribution in [2.45, 2.75) is 12.5 Å². The predicted molar refractivity (Wildman–Crippen MR) is 67.9 cm³/mol. The third-order valence-electron chi connectivity index (χ3n) is 2.94. The minimum Gasteiger partial charge on any atom is -0.478 e. The van der Waals surface area contributed by atoms with E-state index in [1.54, 1.807) is 0 Å². The number of rotatable bonds is 3. The molecular weight excluding hydrogens is 270 g/mol. The molecule has 1 atom stereocenters. The standard InChI is InChI=1S/C12H13NO5S/c14-11(13-10-4-5-19(17,18)7-10)8-2-1-3-9(6-8)12(15)16/h1-3,6,10H,4-5,7H2,(H,13,14)(H,15,16). The Hall–Kier alpha value is -1.89. The normalized spacial score (nSPS) is 20.9. The highest BCUT2D eigenvalue weighted by Gasteiger charge is 2.29. The first-order valence-corrected chi connectivity index (χ1v) is 7.54. The van der Waals surface area contributed by atoms with Gasteiger partial charge < -0.3 is 10.4 Å². The smallest absolute Gasteiger partial charge is 0.335 e. The molecule has 1 aliphatic heterocycles. The number of benzene rings is 1. The fraction of sp³-hybridized carbons (Fsp3) is 0.333. The second kappa shape index (κ2) is 5.00. The van der Waals surface area contributed by atoms with Gasteiger partial charge in [-0.2, -0.15) is 0 Å². The summed E-state index contributed by atoms with van der Waals surface area (Å²) in [6, 6.07) is 5.22. The highest BCUT2D eigenvalue weighted by molar-refractivity contribution is 7.91. The van der Waals surface area contributed by atoms with Crippen LogP contribution in [0.25, 0.3) is 0 Å². The van der Waals surface area contributed by atoms with E-state index in [-0.39, 0.29) is 22.6 Å². The topological polar surface area (TPSA) is 101 Å². The Morgan fingerprint density at radius 2 is 1.95 bits per heavy atom. The summed E-state index contributed by atoms with van der Waals surface area (Å²) in [5, 5.41) is 11.4. The van der Waals surface area contributed by atoms with Crippen molar-refractivity contribution in [2.75, 3.05) is 11.5 Å².